The van der Waals surface area contributed by atoms with Crippen LogP contribution in [0.5, 0.6) is 0 Å². The molecule has 2 heterocycles. The SMILES string of the molecule is C[C@@]1(O)CCN(C(=O)c2ccc3nccnc3c2)C[C@@H]1O. The van der Waals surface area contributed by atoms with Crippen molar-refractivity contribution in [3.8, 4) is 0 Å². The molecule has 21 heavy (non-hydrogen) atoms. The van der Waals surface area contributed by atoms with Gasteiger partial charge in [-0.3, -0.25) is 14.8 Å². The van der Waals surface area contributed by atoms with Gasteiger partial charge in [0.1, 0.15) is 0 Å². The number of hydrogen-bond acceptors (Lipinski definition) is 5. The minimum absolute atomic E-state index is 0.129. The smallest absolute Gasteiger partial charge is 0.254 e. The van der Waals surface area contributed by atoms with E-state index in [4.69, 9.17) is 0 Å². The third-order valence-electron chi connectivity index (χ3n) is 4.00. The van der Waals surface area contributed by atoms with E-state index >= 15 is 0 Å². The molecule has 1 aliphatic rings. The highest BCUT2D eigenvalue weighted by molar-refractivity contribution is 5.97. The number of fused-ring (bicyclic) bond motifs is 1. The third-order valence-corrected chi connectivity index (χ3v) is 4.00. The summed E-state index contributed by atoms with van der Waals surface area (Å²) < 4.78 is 0. The molecule has 1 aromatic carbocycles. The van der Waals surface area contributed by atoms with Crippen LogP contribution in [0, 0.1) is 0 Å². The molecule has 0 unspecified atom stereocenters. The van der Waals surface area contributed by atoms with Gasteiger partial charge < -0.3 is 15.1 Å². The van der Waals surface area contributed by atoms with Crippen LogP contribution >= 0.6 is 0 Å². The summed E-state index contributed by atoms with van der Waals surface area (Å²) >= 11 is 0. The van der Waals surface area contributed by atoms with Crippen LogP contribution in [-0.4, -0.2) is 55.8 Å². The van der Waals surface area contributed by atoms with E-state index in [0.29, 0.717) is 24.0 Å². The van der Waals surface area contributed by atoms with E-state index in [9.17, 15) is 15.0 Å². The first-order valence-electron chi connectivity index (χ1n) is 6.88. The van der Waals surface area contributed by atoms with Crippen molar-refractivity contribution in [1.29, 1.82) is 0 Å². The Labute approximate surface area is 122 Å². The van der Waals surface area contributed by atoms with Crippen LogP contribution in [0.15, 0.2) is 30.6 Å². The van der Waals surface area contributed by atoms with Crippen LogP contribution in [0.3, 0.4) is 0 Å². The average Bonchev–Trinajstić information content (AvgIpc) is 2.49. The maximum atomic E-state index is 12.5. The highest BCUT2D eigenvalue weighted by Crippen LogP contribution is 2.23. The maximum Gasteiger partial charge on any atom is 0.254 e. The Kier molecular flexibility index (Phi) is 3.35. The second-order valence-corrected chi connectivity index (χ2v) is 5.63. The average molecular weight is 287 g/mol. The Balaban J connectivity index is 1.84. The summed E-state index contributed by atoms with van der Waals surface area (Å²) in [7, 11) is 0. The van der Waals surface area contributed by atoms with Crippen molar-refractivity contribution in [2.24, 2.45) is 0 Å². The highest BCUT2D eigenvalue weighted by Gasteiger charge is 2.38. The Morgan fingerprint density at radius 3 is 2.76 bits per heavy atom. The van der Waals surface area contributed by atoms with Crippen molar-refractivity contribution < 1.29 is 15.0 Å². The van der Waals surface area contributed by atoms with Crippen molar-refractivity contribution in [2.75, 3.05) is 13.1 Å². The molecule has 0 spiro atoms. The number of aliphatic hydroxyl groups is 2. The summed E-state index contributed by atoms with van der Waals surface area (Å²) in [6.07, 6.45) is 2.61. The van der Waals surface area contributed by atoms with Crippen LogP contribution in [0.2, 0.25) is 0 Å². The predicted octanol–water partition coefficient (Wildman–Crippen LogP) is 0.588. The van der Waals surface area contributed by atoms with Crippen molar-refractivity contribution in [3.05, 3.63) is 36.2 Å². The van der Waals surface area contributed by atoms with Gasteiger partial charge in [0.25, 0.3) is 5.91 Å². The second-order valence-electron chi connectivity index (χ2n) is 5.63. The van der Waals surface area contributed by atoms with E-state index in [0.717, 1.165) is 5.52 Å². The molecule has 0 aliphatic carbocycles. The summed E-state index contributed by atoms with van der Waals surface area (Å²) in [4.78, 5) is 22.4. The fourth-order valence-corrected chi connectivity index (χ4v) is 2.49. The number of amides is 1. The van der Waals surface area contributed by atoms with Crippen LogP contribution in [0.4, 0.5) is 0 Å². The van der Waals surface area contributed by atoms with Crippen molar-refractivity contribution in [2.45, 2.75) is 25.0 Å². The Morgan fingerprint density at radius 1 is 1.33 bits per heavy atom. The van der Waals surface area contributed by atoms with Gasteiger partial charge in [0, 0.05) is 31.0 Å². The lowest BCUT2D eigenvalue weighted by Gasteiger charge is -2.39. The molecule has 0 saturated carbocycles. The molecule has 1 aliphatic heterocycles. The molecule has 1 fully saturated rings. The van der Waals surface area contributed by atoms with Gasteiger partial charge in [0.05, 0.1) is 22.7 Å². The van der Waals surface area contributed by atoms with Crippen LogP contribution in [0.1, 0.15) is 23.7 Å². The number of β-amino-alcohol motifs (C(OH)–C–C–N with tert-alkyl or cyclic N) is 1. The predicted molar refractivity (Wildman–Crippen MR) is 76.7 cm³/mol. The molecule has 6 nitrogen and oxygen atoms in total. The summed E-state index contributed by atoms with van der Waals surface area (Å²) in [6.45, 7) is 2.14. The first-order valence-corrected chi connectivity index (χ1v) is 6.88. The summed E-state index contributed by atoms with van der Waals surface area (Å²) in [5.74, 6) is -0.169. The zero-order valence-corrected chi connectivity index (χ0v) is 11.7. The molecule has 2 atom stereocenters. The zero-order chi connectivity index (χ0) is 15.0. The number of rotatable bonds is 1. The van der Waals surface area contributed by atoms with Gasteiger partial charge in [-0.15, -0.1) is 0 Å². The van der Waals surface area contributed by atoms with E-state index in [2.05, 4.69) is 9.97 Å². The molecular formula is C15H17N3O3. The Hall–Kier alpha value is -2.05. The third kappa shape index (κ3) is 2.59. The number of carbonyl (C=O) groups excluding carboxylic acids is 1. The summed E-state index contributed by atoms with van der Waals surface area (Å²) in [5, 5.41) is 19.9. The lowest BCUT2D eigenvalue weighted by atomic mass is 9.90. The number of likely N-dealkylation sites (tertiary alicyclic amines) is 1. The standard InChI is InChI=1S/C15H17N3O3/c1-15(21)4-7-18(9-13(15)19)14(20)10-2-3-11-12(8-10)17-6-5-16-11/h2-3,5-6,8,13,19,21H,4,7,9H2,1H3/t13-,15+/m0/s1. The molecule has 6 heteroatoms. The molecule has 0 radical (unpaired) electrons. The second kappa shape index (κ2) is 5.05. The minimum Gasteiger partial charge on any atom is -0.388 e. The van der Waals surface area contributed by atoms with Gasteiger partial charge >= 0.3 is 0 Å². The molecule has 2 aromatic rings. The van der Waals surface area contributed by atoms with Crippen molar-refractivity contribution in [3.63, 3.8) is 0 Å². The Morgan fingerprint density at radius 2 is 2.05 bits per heavy atom. The zero-order valence-electron chi connectivity index (χ0n) is 11.7. The van der Waals surface area contributed by atoms with Gasteiger partial charge in [-0.1, -0.05) is 0 Å². The van der Waals surface area contributed by atoms with E-state index in [1.54, 1.807) is 42.4 Å². The van der Waals surface area contributed by atoms with Crippen LogP contribution in [0.25, 0.3) is 11.0 Å². The van der Waals surface area contributed by atoms with Gasteiger partial charge in [0.15, 0.2) is 0 Å². The quantitative estimate of drug-likeness (QED) is 0.801. The van der Waals surface area contributed by atoms with Crippen LogP contribution < -0.4 is 0 Å². The number of hydrogen-bond donors (Lipinski definition) is 2. The largest absolute Gasteiger partial charge is 0.388 e. The first-order chi connectivity index (χ1) is 9.97. The topological polar surface area (TPSA) is 86.5 Å². The first kappa shape index (κ1) is 13.9. The molecule has 2 N–H and O–H groups in total. The van der Waals surface area contributed by atoms with E-state index < -0.39 is 11.7 Å². The number of piperidine rings is 1. The molecule has 110 valence electrons. The van der Waals surface area contributed by atoms with Gasteiger partial charge in [-0.05, 0) is 31.5 Å². The maximum absolute atomic E-state index is 12.5. The molecule has 1 amide bonds. The van der Waals surface area contributed by atoms with Crippen LogP contribution in [-0.2, 0) is 0 Å². The van der Waals surface area contributed by atoms with Crippen molar-refractivity contribution >= 4 is 16.9 Å². The van der Waals surface area contributed by atoms with Gasteiger partial charge in [-0.25, -0.2) is 0 Å². The van der Waals surface area contributed by atoms with E-state index in [-0.39, 0.29) is 12.5 Å². The number of benzene rings is 1. The molecule has 1 aromatic heterocycles. The number of aliphatic hydroxyl groups excluding tert-OH is 1. The molecule has 1 saturated heterocycles. The lowest BCUT2D eigenvalue weighted by Crippen LogP contribution is -2.55. The molecular weight excluding hydrogens is 270 g/mol. The number of nitrogens with zero attached hydrogens (tertiary/aromatic N) is 3. The lowest BCUT2D eigenvalue weighted by molar-refractivity contribution is -0.0999. The van der Waals surface area contributed by atoms with E-state index in [1.165, 1.54) is 0 Å². The van der Waals surface area contributed by atoms with Gasteiger partial charge in [0.2, 0.25) is 0 Å². The van der Waals surface area contributed by atoms with E-state index in [1.807, 2.05) is 0 Å². The summed E-state index contributed by atoms with van der Waals surface area (Å²) in [6, 6.07) is 5.16. The van der Waals surface area contributed by atoms with Crippen molar-refractivity contribution in [1.82, 2.24) is 14.9 Å². The number of aromatic nitrogens is 2. The monoisotopic (exact) mass is 287 g/mol. The molecule has 3 rings (SSSR count). The highest BCUT2D eigenvalue weighted by atomic mass is 16.3. The fraction of sp³-hybridized carbons (Fsp3) is 0.400. The minimum atomic E-state index is -1.13. The number of carbonyl (C=O) groups is 1. The molecule has 0 bridgehead atoms. The fourth-order valence-electron chi connectivity index (χ4n) is 2.49. The Bertz CT molecular complexity index is 687. The van der Waals surface area contributed by atoms with Gasteiger partial charge in [-0.2, -0.15) is 0 Å². The normalized spacial score (nSPS) is 26.0. The summed E-state index contributed by atoms with van der Waals surface area (Å²) in [5.41, 5.74) is 0.770.